The Hall–Kier alpha value is -1.76. The van der Waals surface area contributed by atoms with Gasteiger partial charge >= 0.3 is 12.0 Å². The third kappa shape index (κ3) is 3.17. The molecule has 1 aromatic carbocycles. The second-order valence-corrected chi connectivity index (χ2v) is 5.18. The smallest absolute Gasteiger partial charge is 0.327 e. The Morgan fingerprint density at radius 3 is 2.84 bits per heavy atom. The van der Waals surface area contributed by atoms with Crippen molar-refractivity contribution in [3.8, 4) is 0 Å². The number of carbonyl (C=O) groups is 2. The Morgan fingerprint density at radius 1 is 1.42 bits per heavy atom. The van der Waals surface area contributed by atoms with Crippen LogP contribution in [0.3, 0.4) is 0 Å². The Kier molecular flexibility index (Phi) is 4.26. The summed E-state index contributed by atoms with van der Waals surface area (Å²) in [6, 6.07) is 4.32. The van der Waals surface area contributed by atoms with E-state index in [2.05, 4.69) is 5.32 Å². The number of nitrogens with one attached hydrogen (secondary N) is 1. The zero-order valence-electron chi connectivity index (χ0n) is 10.0. The predicted molar refractivity (Wildman–Crippen MR) is 70.9 cm³/mol. The first-order valence-electron chi connectivity index (χ1n) is 5.72. The monoisotopic (exact) mass is 284 g/mol. The van der Waals surface area contributed by atoms with Crippen molar-refractivity contribution < 1.29 is 19.1 Å². The van der Waals surface area contributed by atoms with E-state index in [1.54, 1.807) is 6.07 Å². The van der Waals surface area contributed by atoms with E-state index in [1.165, 1.54) is 34.9 Å². The number of hydrogen-bond acceptors (Lipinski definition) is 3. The molecule has 0 saturated carbocycles. The lowest BCUT2D eigenvalue weighted by Crippen LogP contribution is -2.51. The van der Waals surface area contributed by atoms with Gasteiger partial charge in [0.15, 0.2) is 0 Å². The average molecular weight is 284 g/mol. The number of thioether (sulfide) groups is 1. The van der Waals surface area contributed by atoms with Crippen LogP contribution in [0, 0.1) is 5.82 Å². The van der Waals surface area contributed by atoms with Gasteiger partial charge in [0.1, 0.15) is 11.9 Å². The summed E-state index contributed by atoms with van der Waals surface area (Å²) in [7, 11) is 0. The van der Waals surface area contributed by atoms with Crippen LogP contribution < -0.4 is 5.32 Å². The molecule has 5 nitrogen and oxygen atoms in total. The van der Waals surface area contributed by atoms with Crippen molar-refractivity contribution in [2.45, 2.75) is 6.04 Å². The predicted octanol–water partition coefficient (Wildman–Crippen LogP) is 1.86. The summed E-state index contributed by atoms with van der Waals surface area (Å²) < 4.78 is 13.4. The first-order chi connectivity index (χ1) is 9.09. The van der Waals surface area contributed by atoms with Crippen molar-refractivity contribution in [2.24, 2.45) is 0 Å². The lowest BCUT2D eigenvalue weighted by Gasteiger charge is -2.32. The van der Waals surface area contributed by atoms with Gasteiger partial charge in [-0.15, -0.1) is 0 Å². The van der Waals surface area contributed by atoms with Gasteiger partial charge in [0.25, 0.3) is 0 Å². The summed E-state index contributed by atoms with van der Waals surface area (Å²) >= 11 is 1.49. The summed E-state index contributed by atoms with van der Waals surface area (Å²) in [5.74, 6) is -0.570. The number of carboxylic acid groups (broad SMARTS) is 1. The minimum absolute atomic E-state index is 0.0508. The van der Waals surface area contributed by atoms with Gasteiger partial charge < -0.3 is 15.3 Å². The molecule has 1 unspecified atom stereocenters. The molecule has 1 heterocycles. The van der Waals surface area contributed by atoms with E-state index in [1.807, 2.05) is 0 Å². The Bertz CT molecular complexity index is 498. The number of carboxylic acids is 1. The Morgan fingerprint density at radius 2 is 2.16 bits per heavy atom. The number of hydrogen-bond donors (Lipinski definition) is 2. The highest BCUT2D eigenvalue weighted by atomic mass is 32.2. The normalized spacial score (nSPS) is 19.0. The standard InChI is InChI=1S/C12H13FN2O3S/c13-8-3-1-2-4-9(8)14-12(18)15-5-6-19-7-10(15)11(16)17/h1-4,10H,5-7H2,(H,14,18)(H,16,17). The van der Waals surface area contributed by atoms with Gasteiger partial charge in [0.05, 0.1) is 5.69 Å². The van der Waals surface area contributed by atoms with Gasteiger partial charge in [0.2, 0.25) is 0 Å². The van der Waals surface area contributed by atoms with E-state index in [0.29, 0.717) is 18.1 Å². The van der Waals surface area contributed by atoms with Crippen LogP contribution in [0.1, 0.15) is 0 Å². The fourth-order valence-corrected chi connectivity index (χ4v) is 2.84. The number of anilines is 1. The quantitative estimate of drug-likeness (QED) is 0.869. The zero-order valence-corrected chi connectivity index (χ0v) is 10.8. The lowest BCUT2D eigenvalue weighted by atomic mass is 10.2. The number of nitrogens with zero attached hydrogens (tertiary/aromatic N) is 1. The molecule has 0 spiro atoms. The number of para-hydroxylation sites is 1. The van der Waals surface area contributed by atoms with Crippen LogP contribution in [0.25, 0.3) is 0 Å². The second-order valence-electron chi connectivity index (χ2n) is 4.03. The number of carbonyl (C=O) groups excluding carboxylic acids is 1. The van der Waals surface area contributed by atoms with E-state index < -0.39 is 23.9 Å². The van der Waals surface area contributed by atoms with Crippen molar-refractivity contribution in [2.75, 3.05) is 23.4 Å². The molecule has 1 atom stereocenters. The summed E-state index contributed by atoms with van der Waals surface area (Å²) in [5.41, 5.74) is 0.0508. The molecule has 1 aliphatic heterocycles. The highest BCUT2D eigenvalue weighted by Crippen LogP contribution is 2.19. The number of benzene rings is 1. The molecule has 0 radical (unpaired) electrons. The number of aliphatic carboxylic acids is 1. The zero-order chi connectivity index (χ0) is 13.8. The number of amides is 2. The molecule has 19 heavy (non-hydrogen) atoms. The van der Waals surface area contributed by atoms with E-state index in [9.17, 15) is 14.0 Å². The van der Waals surface area contributed by atoms with E-state index >= 15 is 0 Å². The first kappa shape index (κ1) is 13.7. The molecule has 2 N–H and O–H groups in total. The van der Waals surface area contributed by atoms with Crippen molar-refractivity contribution in [3.05, 3.63) is 30.1 Å². The molecule has 2 rings (SSSR count). The third-order valence-corrected chi connectivity index (χ3v) is 3.81. The largest absolute Gasteiger partial charge is 0.480 e. The topological polar surface area (TPSA) is 69.6 Å². The van der Waals surface area contributed by atoms with Gasteiger partial charge in [-0.3, -0.25) is 0 Å². The van der Waals surface area contributed by atoms with Gasteiger partial charge in [0, 0.05) is 18.1 Å². The molecule has 7 heteroatoms. The maximum absolute atomic E-state index is 13.4. The summed E-state index contributed by atoms with van der Waals surface area (Å²) in [6.07, 6.45) is 0. The lowest BCUT2D eigenvalue weighted by molar-refractivity contribution is -0.141. The van der Waals surface area contributed by atoms with Crippen molar-refractivity contribution >= 4 is 29.4 Å². The minimum Gasteiger partial charge on any atom is -0.480 e. The van der Waals surface area contributed by atoms with Gasteiger partial charge in [-0.25, -0.2) is 14.0 Å². The van der Waals surface area contributed by atoms with Crippen LogP contribution in [0.4, 0.5) is 14.9 Å². The number of halogens is 1. The second kappa shape index (κ2) is 5.92. The Balaban J connectivity index is 2.10. The highest BCUT2D eigenvalue weighted by molar-refractivity contribution is 7.99. The fraction of sp³-hybridized carbons (Fsp3) is 0.333. The van der Waals surface area contributed by atoms with Crippen molar-refractivity contribution in [1.82, 2.24) is 4.90 Å². The summed E-state index contributed by atoms with van der Waals surface area (Å²) in [4.78, 5) is 24.3. The molecule has 0 aromatic heterocycles. The maximum Gasteiger partial charge on any atom is 0.327 e. The maximum atomic E-state index is 13.4. The fourth-order valence-electron chi connectivity index (χ4n) is 1.80. The molecule has 0 aliphatic carbocycles. The van der Waals surface area contributed by atoms with E-state index in [0.717, 1.165) is 0 Å². The van der Waals surface area contributed by atoms with Crippen LogP contribution in [0.2, 0.25) is 0 Å². The van der Waals surface area contributed by atoms with Crippen molar-refractivity contribution in [1.29, 1.82) is 0 Å². The molecular formula is C12H13FN2O3S. The molecule has 1 saturated heterocycles. The van der Waals surface area contributed by atoms with E-state index in [-0.39, 0.29) is 5.69 Å². The number of rotatable bonds is 2. The van der Waals surface area contributed by atoms with Crippen LogP contribution in [-0.2, 0) is 4.79 Å². The summed E-state index contributed by atoms with van der Waals surface area (Å²) in [6.45, 7) is 0.335. The average Bonchev–Trinajstić information content (AvgIpc) is 2.41. The van der Waals surface area contributed by atoms with Crippen LogP contribution in [0.15, 0.2) is 24.3 Å². The minimum atomic E-state index is -1.05. The van der Waals surface area contributed by atoms with Crippen LogP contribution in [0.5, 0.6) is 0 Å². The first-order valence-corrected chi connectivity index (χ1v) is 6.88. The molecule has 1 aliphatic rings. The molecular weight excluding hydrogens is 271 g/mol. The van der Waals surface area contributed by atoms with Crippen molar-refractivity contribution in [3.63, 3.8) is 0 Å². The van der Waals surface area contributed by atoms with Crippen LogP contribution >= 0.6 is 11.8 Å². The van der Waals surface area contributed by atoms with Crippen LogP contribution in [-0.4, -0.2) is 46.1 Å². The highest BCUT2D eigenvalue weighted by Gasteiger charge is 2.32. The molecule has 2 amide bonds. The summed E-state index contributed by atoms with van der Waals surface area (Å²) in [5, 5.41) is 11.5. The van der Waals surface area contributed by atoms with Gasteiger partial charge in [-0.1, -0.05) is 12.1 Å². The van der Waals surface area contributed by atoms with E-state index in [4.69, 9.17) is 5.11 Å². The molecule has 1 fully saturated rings. The van der Waals surface area contributed by atoms with Gasteiger partial charge in [-0.2, -0.15) is 11.8 Å². The molecule has 1 aromatic rings. The Labute approximate surface area is 113 Å². The SMILES string of the molecule is O=C(O)C1CSCCN1C(=O)Nc1ccccc1F. The third-order valence-electron chi connectivity index (χ3n) is 2.79. The van der Waals surface area contributed by atoms with Gasteiger partial charge in [-0.05, 0) is 12.1 Å². The molecule has 102 valence electrons. The molecule has 0 bridgehead atoms. The number of urea groups is 1.